The van der Waals surface area contributed by atoms with E-state index < -0.39 is 0 Å². The van der Waals surface area contributed by atoms with Crippen molar-refractivity contribution >= 4 is 0 Å². The van der Waals surface area contributed by atoms with Crippen molar-refractivity contribution in [1.29, 1.82) is 0 Å². The molecule has 1 aromatic rings. The van der Waals surface area contributed by atoms with Crippen molar-refractivity contribution in [3.05, 3.63) is 58.9 Å². The second-order valence-electron chi connectivity index (χ2n) is 4.16. The minimum absolute atomic E-state index is 0.793. The van der Waals surface area contributed by atoms with Gasteiger partial charge in [-0.25, -0.2) is 0 Å². The normalized spacial score (nSPS) is 9.11. The first-order chi connectivity index (χ1) is 8.58. The Kier molecular flexibility index (Phi) is 5.64. The zero-order chi connectivity index (χ0) is 13.4. The fourth-order valence-corrected chi connectivity index (χ4v) is 1.41. The molecule has 0 spiro atoms. The molecule has 4 nitrogen and oxygen atoms in total. The summed E-state index contributed by atoms with van der Waals surface area (Å²) in [4.78, 5) is 0. The molecule has 4 heteroatoms. The van der Waals surface area contributed by atoms with Crippen LogP contribution in [0.4, 0.5) is 0 Å². The average molecular weight is 242 g/mol. The summed E-state index contributed by atoms with van der Waals surface area (Å²) in [6.45, 7) is 7.77. The van der Waals surface area contributed by atoms with Crippen LogP contribution in [0, 0.1) is 27.7 Å². The Morgan fingerprint density at radius 1 is 0.667 bits per heavy atom. The summed E-state index contributed by atoms with van der Waals surface area (Å²) >= 11 is 0. The monoisotopic (exact) mass is 242 g/mol. The Labute approximate surface area is 108 Å². The Hall–Kier alpha value is -2.10. The molecule has 0 aromatic carbocycles. The van der Waals surface area contributed by atoms with Crippen LogP contribution < -0.4 is 0 Å². The number of aromatic nitrogens is 4. The van der Waals surface area contributed by atoms with Gasteiger partial charge in [0, 0.05) is 0 Å². The lowest BCUT2D eigenvalue weighted by atomic mass is 10.2. The molecule has 0 atom stereocenters. The van der Waals surface area contributed by atoms with Gasteiger partial charge in [0.1, 0.15) is 0 Å². The van der Waals surface area contributed by atoms with E-state index in [2.05, 4.69) is 20.6 Å². The molecule has 0 unspecified atom stereocenters. The van der Waals surface area contributed by atoms with Crippen LogP contribution in [-0.2, 0) is 0 Å². The second kappa shape index (κ2) is 7.27. The Balaban J connectivity index is 3.41. The van der Waals surface area contributed by atoms with Crippen LogP contribution in [0.3, 0.4) is 0 Å². The quantitative estimate of drug-likeness (QED) is 0.702. The topological polar surface area (TPSA) is 51.6 Å². The molecule has 0 amide bonds. The van der Waals surface area contributed by atoms with Gasteiger partial charge in [0.05, 0.1) is 11.4 Å². The van der Waals surface area contributed by atoms with Crippen molar-refractivity contribution in [2.45, 2.75) is 27.7 Å². The predicted octanol–water partition coefficient (Wildman–Crippen LogP) is 2.75. The third-order valence-corrected chi connectivity index (χ3v) is 2.15. The molecule has 0 radical (unpaired) electrons. The minimum Gasteiger partial charge on any atom is -0.134 e. The number of aryl methyl sites for hydroxylation is 4. The molecule has 0 fully saturated rings. The molecule has 1 aromatic heterocycles. The molecule has 0 aliphatic carbocycles. The molecule has 0 saturated carbocycles. The molecular formula is C14H18N4. The van der Waals surface area contributed by atoms with E-state index in [0.29, 0.717) is 0 Å². The van der Waals surface area contributed by atoms with Gasteiger partial charge in [0.15, 0.2) is 0 Å². The molecule has 1 heterocycles. The maximum absolute atomic E-state index is 3.93. The summed E-state index contributed by atoms with van der Waals surface area (Å²) in [6, 6.07) is 11.9. The van der Waals surface area contributed by atoms with Crippen LogP contribution in [0.25, 0.3) is 0 Å². The molecule has 0 N–H and O–H groups in total. The van der Waals surface area contributed by atoms with E-state index in [0.717, 1.165) is 22.5 Å². The Morgan fingerprint density at radius 3 is 1.44 bits per heavy atom. The van der Waals surface area contributed by atoms with E-state index in [4.69, 9.17) is 0 Å². The zero-order valence-corrected chi connectivity index (χ0v) is 11.3. The van der Waals surface area contributed by atoms with Crippen molar-refractivity contribution in [3.8, 4) is 0 Å². The summed E-state index contributed by atoms with van der Waals surface area (Å²) in [5.74, 6) is 0. The number of hydrogen-bond acceptors (Lipinski definition) is 4. The van der Waals surface area contributed by atoms with Gasteiger partial charge in [-0.15, -0.1) is 10.2 Å². The van der Waals surface area contributed by atoms with E-state index >= 15 is 0 Å². The Morgan fingerprint density at radius 2 is 1.06 bits per heavy atom. The van der Waals surface area contributed by atoms with Gasteiger partial charge in [0.2, 0.25) is 0 Å². The Bertz CT molecular complexity index is 432. The van der Waals surface area contributed by atoms with Crippen molar-refractivity contribution in [3.63, 3.8) is 0 Å². The van der Waals surface area contributed by atoms with E-state index in [1.807, 2.05) is 64.1 Å². The molecule has 94 valence electrons. The molecular weight excluding hydrogens is 224 g/mol. The van der Waals surface area contributed by atoms with Crippen LogP contribution in [0.5, 0.6) is 0 Å². The third-order valence-electron chi connectivity index (χ3n) is 2.15. The van der Waals surface area contributed by atoms with Crippen molar-refractivity contribution < 1.29 is 0 Å². The lowest BCUT2D eigenvalue weighted by molar-refractivity contribution is 0.767. The first-order valence-electron chi connectivity index (χ1n) is 5.78. The molecule has 0 saturated heterocycles. The smallest absolute Gasteiger partial charge is 0.0621 e. The standard InChI is InChI=1S/C14H18N4/c1-11-7-5-6-8-12(2)10-14(4)16-18-17-15-13(3)9-11/h5-10H,1-4H3. The van der Waals surface area contributed by atoms with Crippen molar-refractivity contribution in [1.82, 2.24) is 20.6 Å². The molecule has 1 rings (SSSR count). The van der Waals surface area contributed by atoms with Crippen LogP contribution in [0.1, 0.15) is 22.5 Å². The summed E-state index contributed by atoms with van der Waals surface area (Å²) in [5, 5.41) is 15.2. The van der Waals surface area contributed by atoms with E-state index in [1.54, 1.807) is 0 Å². The predicted molar refractivity (Wildman–Crippen MR) is 71.8 cm³/mol. The van der Waals surface area contributed by atoms with Gasteiger partial charge in [-0.1, -0.05) is 24.3 Å². The van der Waals surface area contributed by atoms with Crippen LogP contribution in [0.15, 0.2) is 36.4 Å². The highest BCUT2D eigenvalue weighted by atomic mass is 15.4. The lowest BCUT2D eigenvalue weighted by Gasteiger charge is -1.87. The van der Waals surface area contributed by atoms with Gasteiger partial charge < -0.3 is 0 Å². The van der Waals surface area contributed by atoms with Crippen molar-refractivity contribution in [2.24, 2.45) is 0 Å². The summed E-state index contributed by atoms with van der Waals surface area (Å²) in [6.07, 6.45) is 0. The molecule has 0 aliphatic heterocycles. The minimum atomic E-state index is 0.793. The van der Waals surface area contributed by atoms with Gasteiger partial charge in [-0.05, 0) is 61.4 Å². The van der Waals surface area contributed by atoms with Crippen LogP contribution >= 0.6 is 0 Å². The molecule has 0 aliphatic rings. The van der Waals surface area contributed by atoms with E-state index in [9.17, 15) is 0 Å². The number of rotatable bonds is 0. The fourth-order valence-electron chi connectivity index (χ4n) is 1.41. The highest BCUT2D eigenvalue weighted by molar-refractivity contribution is 5.13. The average Bonchev–Trinajstić information content (AvgIpc) is 2.29. The summed E-state index contributed by atoms with van der Waals surface area (Å²) < 4.78 is 0. The largest absolute Gasteiger partial charge is 0.134 e. The van der Waals surface area contributed by atoms with Gasteiger partial charge >= 0.3 is 0 Å². The molecule has 18 heavy (non-hydrogen) atoms. The van der Waals surface area contributed by atoms with Gasteiger partial charge in [0.25, 0.3) is 0 Å². The second-order valence-corrected chi connectivity index (χ2v) is 4.16. The van der Waals surface area contributed by atoms with E-state index in [1.165, 1.54) is 0 Å². The zero-order valence-electron chi connectivity index (χ0n) is 11.3. The van der Waals surface area contributed by atoms with Crippen LogP contribution in [-0.4, -0.2) is 20.6 Å². The maximum Gasteiger partial charge on any atom is 0.0621 e. The highest BCUT2D eigenvalue weighted by Crippen LogP contribution is 1.95. The first kappa shape index (κ1) is 14.0. The van der Waals surface area contributed by atoms with Crippen LogP contribution in [0.2, 0.25) is 0 Å². The first-order valence-corrected chi connectivity index (χ1v) is 5.78. The lowest BCUT2D eigenvalue weighted by Crippen LogP contribution is -1.88. The van der Waals surface area contributed by atoms with Gasteiger partial charge in [-0.2, -0.15) is 0 Å². The maximum atomic E-state index is 3.93. The summed E-state index contributed by atoms with van der Waals surface area (Å²) in [7, 11) is 0. The van der Waals surface area contributed by atoms with Gasteiger partial charge in [-0.3, -0.25) is 0 Å². The third kappa shape index (κ3) is 5.84. The number of hydrogen-bond donors (Lipinski definition) is 0. The summed E-state index contributed by atoms with van der Waals surface area (Å²) in [5.41, 5.74) is 3.80. The van der Waals surface area contributed by atoms with Crippen molar-refractivity contribution in [2.75, 3.05) is 0 Å². The SMILES string of the molecule is Cc1ccccc(C)cc(C)nnnnc(C)c1. The van der Waals surface area contributed by atoms with E-state index in [-0.39, 0.29) is 0 Å². The fraction of sp³-hybridized carbons (Fsp3) is 0.286. The number of nitrogens with zero attached hydrogens (tertiary/aromatic N) is 4. The highest BCUT2D eigenvalue weighted by Gasteiger charge is 1.82. The molecule has 0 bridgehead atoms.